The Balaban J connectivity index is 1.40. The molecule has 0 radical (unpaired) electrons. The molecule has 1 aliphatic heterocycles. The zero-order valence-electron chi connectivity index (χ0n) is 21.2. The number of morpholine rings is 1. The van der Waals surface area contributed by atoms with Gasteiger partial charge in [-0.15, -0.1) is 0 Å². The van der Waals surface area contributed by atoms with Crippen molar-refractivity contribution in [3.63, 3.8) is 0 Å². The van der Waals surface area contributed by atoms with E-state index >= 15 is 0 Å². The van der Waals surface area contributed by atoms with E-state index in [1.165, 1.54) is 6.08 Å². The number of ether oxygens (including phenoxy) is 3. The van der Waals surface area contributed by atoms with Crippen LogP contribution < -0.4 is 25.4 Å². The van der Waals surface area contributed by atoms with Crippen LogP contribution in [0.1, 0.15) is 6.42 Å². The number of carbonyl (C=O) groups is 1. The standard InChI is InChI=1S/C27H31FN6O4/c1-3-25(35)30-19-6-4-7-20(16-19)31-26-22(28)18-29-27(33-26)32-21-8-9-23(36-2)24(17-21)38-13-5-10-34-11-14-37-15-12-34/h3-4,6-9,16-18H,1,5,10-15H2,2H3,(H,30,35)(H2,29,31,32,33). The maximum absolute atomic E-state index is 14.5. The first-order chi connectivity index (χ1) is 18.5. The van der Waals surface area contributed by atoms with Crippen LogP contribution in [0.15, 0.2) is 61.3 Å². The molecule has 3 N–H and O–H groups in total. The Morgan fingerprint density at radius 1 is 1.13 bits per heavy atom. The molecule has 0 aliphatic carbocycles. The fourth-order valence-corrected chi connectivity index (χ4v) is 3.81. The summed E-state index contributed by atoms with van der Waals surface area (Å²) < 4.78 is 31.3. The van der Waals surface area contributed by atoms with Gasteiger partial charge >= 0.3 is 0 Å². The Labute approximate surface area is 220 Å². The average Bonchev–Trinajstić information content (AvgIpc) is 2.94. The number of benzene rings is 2. The maximum Gasteiger partial charge on any atom is 0.247 e. The molecule has 200 valence electrons. The third kappa shape index (κ3) is 7.64. The number of carbonyl (C=O) groups excluding carboxylic acids is 1. The van der Waals surface area contributed by atoms with Gasteiger partial charge in [0, 0.05) is 42.8 Å². The summed E-state index contributed by atoms with van der Waals surface area (Å²) in [6, 6.07) is 12.2. The minimum Gasteiger partial charge on any atom is -0.493 e. The van der Waals surface area contributed by atoms with Crippen molar-refractivity contribution < 1.29 is 23.4 Å². The van der Waals surface area contributed by atoms with Crippen LogP contribution in [0.2, 0.25) is 0 Å². The molecule has 1 amide bonds. The van der Waals surface area contributed by atoms with Crippen LogP contribution in [0.4, 0.5) is 33.2 Å². The number of anilines is 5. The SMILES string of the molecule is C=CC(=O)Nc1cccc(Nc2nc(Nc3ccc(OC)c(OCCCN4CCOCC4)c3)ncc2F)c1. The van der Waals surface area contributed by atoms with Gasteiger partial charge < -0.3 is 30.2 Å². The van der Waals surface area contributed by atoms with Gasteiger partial charge in [-0.3, -0.25) is 9.69 Å². The van der Waals surface area contributed by atoms with Crippen LogP contribution in [0.25, 0.3) is 0 Å². The maximum atomic E-state index is 14.5. The lowest BCUT2D eigenvalue weighted by Gasteiger charge is -2.26. The van der Waals surface area contributed by atoms with Gasteiger partial charge in [-0.25, -0.2) is 9.37 Å². The lowest BCUT2D eigenvalue weighted by atomic mass is 10.2. The van der Waals surface area contributed by atoms with E-state index in [-0.39, 0.29) is 17.7 Å². The molecule has 11 heteroatoms. The van der Waals surface area contributed by atoms with Gasteiger partial charge in [-0.05, 0) is 42.8 Å². The van der Waals surface area contributed by atoms with Gasteiger partial charge in [0.1, 0.15) is 0 Å². The molecule has 0 saturated carbocycles. The summed E-state index contributed by atoms with van der Waals surface area (Å²) in [5, 5.41) is 8.66. The largest absolute Gasteiger partial charge is 0.493 e. The number of hydrogen-bond acceptors (Lipinski definition) is 9. The fraction of sp³-hybridized carbons (Fsp3) is 0.296. The quantitative estimate of drug-likeness (QED) is 0.236. The number of rotatable bonds is 12. The van der Waals surface area contributed by atoms with Gasteiger partial charge in [0.15, 0.2) is 23.1 Å². The lowest BCUT2D eigenvalue weighted by Crippen LogP contribution is -2.37. The molecular weight excluding hydrogens is 491 g/mol. The molecule has 1 aromatic heterocycles. The van der Waals surface area contributed by atoms with Crippen molar-refractivity contribution in [2.75, 3.05) is 62.5 Å². The Bertz CT molecular complexity index is 1250. The summed E-state index contributed by atoms with van der Waals surface area (Å²) in [5.74, 6) is 0.374. The van der Waals surface area contributed by atoms with E-state index in [0.717, 1.165) is 45.5 Å². The van der Waals surface area contributed by atoms with Crippen molar-refractivity contribution in [2.45, 2.75) is 6.42 Å². The van der Waals surface area contributed by atoms with E-state index in [1.54, 1.807) is 49.6 Å². The first-order valence-corrected chi connectivity index (χ1v) is 12.2. The molecular formula is C27H31FN6O4. The molecule has 3 aromatic rings. The second-order valence-corrected chi connectivity index (χ2v) is 8.44. The summed E-state index contributed by atoms with van der Waals surface area (Å²) in [6.45, 7) is 8.32. The van der Waals surface area contributed by atoms with Crippen LogP contribution in [0, 0.1) is 5.82 Å². The summed E-state index contributed by atoms with van der Waals surface area (Å²) in [7, 11) is 1.59. The monoisotopic (exact) mass is 522 g/mol. The zero-order chi connectivity index (χ0) is 26.7. The van der Waals surface area contributed by atoms with Crippen LogP contribution in [-0.4, -0.2) is 67.3 Å². The molecule has 2 aromatic carbocycles. The van der Waals surface area contributed by atoms with Crippen molar-refractivity contribution in [3.8, 4) is 11.5 Å². The molecule has 0 spiro atoms. The number of amides is 1. The highest BCUT2D eigenvalue weighted by Crippen LogP contribution is 2.31. The minimum atomic E-state index is -0.630. The fourth-order valence-electron chi connectivity index (χ4n) is 3.81. The van der Waals surface area contributed by atoms with Crippen LogP contribution in [0.3, 0.4) is 0 Å². The predicted octanol–water partition coefficient (Wildman–Crippen LogP) is 4.34. The molecule has 2 heterocycles. The minimum absolute atomic E-state index is 0.0252. The second-order valence-electron chi connectivity index (χ2n) is 8.44. The average molecular weight is 523 g/mol. The molecule has 1 saturated heterocycles. The van der Waals surface area contributed by atoms with Crippen LogP contribution in [-0.2, 0) is 9.53 Å². The van der Waals surface area contributed by atoms with Gasteiger partial charge in [0.05, 0.1) is 33.1 Å². The Hall–Kier alpha value is -4.22. The zero-order valence-corrected chi connectivity index (χ0v) is 21.2. The van der Waals surface area contributed by atoms with Crippen molar-refractivity contribution in [2.24, 2.45) is 0 Å². The molecule has 0 atom stereocenters. The van der Waals surface area contributed by atoms with Crippen molar-refractivity contribution in [1.82, 2.24) is 14.9 Å². The van der Waals surface area contributed by atoms with Crippen molar-refractivity contribution in [1.29, 1.82) is 0 Å². The van der Waals surface area contributed by atoms with Crippen molar-refractivity contribution >= 4 is 34.7 Å². The van der Waals surface area contributed by atoms with Gasteiger partial charge in [0.2, 0.25) is 11.9 Å². The van der Waals surface area contributed by atoms with E-state index in [9.17, 15) is 9.18 Å². The third-order valence-corrected chi connectivity index (χ3v) is 5.72. The van der Waals surface area contributed by atoms with Gasteiger partial charge in [-0.2, -0.15) is 4.98 Å². The molecule has 0 bridgehead atoms. The van der Waals surface area contributed by atoms with E-state index in [2.05, 4.69) is 37.4 Å². The number of aromatic nitrogens is 2. The molecule has 38 heavy (non-hydrogen) atoms. The Morgan fingerprint density at radius 3 is 2.71 bits per heavy atom. The highest BCUT2D eigenvalue weighted by molar-refractivity contribution is 5.99. The lowest BCUT2D eigenvalue weighted by molar-refractivity contribution is -0.111. The third-order valence-electron chi connectivity index (χ3n) is 5.72. The van der Waals surface area contributed by atoms with E-state index in [0.29, 0.717) is 35.2 Å². The summed E-state index contributed by atoms with van der Waals surface area (Å²) >= 11 is 0. The second kappa shape index (κ2) is 13.4. The summed E-state index contributed by atoms with van der Waals surface area (Å²) in [6.07, 6.45) is 3.12. The van der Waals surface area contributed by atoms with E-state index in [4.69, 9.17) is 14.2 Å². The first kappa shape index (κ1) is 26.8. The van der Waals surface area contributed by atoms with Crippen LogP contribution >= 0.6 is 0 Å². The topological polar surface area (TPSA) is 110 Å². The number of hydrogen-bond donors (Lipinski definition) is 3. The Morgan fingerprint density at radius 2 is 1.92 bits per heavy atom. The molecule has 1 aliphatic rings. The highest BCUT2D eigenvalue weighted by atomic mass is 19.1. The van der Waals surface area contributed by atoms with Crippen LogP contribution in [0.5, 0.6) is 11.5 Å². The number of nitrogens with zero attached hydrogens (tertiary/aromatic N) is 3. The highest BCUT2D eigenvalue weighted by Gasteiger charge is 2.12. The molecule has 0 unspecified atom stereocenters. The molecule has 10 nitrogen and oxygen atoms in total. The summed E-state index contributed by atoms with van der Waals surface area (Å²) in [5.41, 5.74) is 1.72. The predicted molar refractivity (Wildman–Crippen MR) is 144 cm³/mol. The number of methoxy groups -OCH3 is 1. The van der Waals surface area contributed by atoms with Crippen molar-refractivity contribution in [3.05, 3.63) is 67.1 Å². The normalized spacial score (nSPS) is 13.4. The van der Waals surface area contributed by atoms with Gasteiger partial charge in [0.25, 0.3) is 0 Å². The van der Waals surface area contributed by atoms with E-state index in [1.807, 2.05) is 0 Å². The summed E-state index contributed by atoms with van der Waals surface area (Å²) in [4.78, 5) is 22.2. The van der Waals surface area contributed by atoms with Gasteiger partial charge in [-0.1, -0.05) is 12.6 Å². The number of halogens is 1. The molecule has 1 fully saturated rings. The molecule has 4 rings (SSSR count). The Kier molecular flexibility index (Phi) is 9.43. The van der Waals surface area contributed by atoms with E-state index < -0.39 is 5.82 Å². The number of nitrogens with one attached hydrogen (secondary N) is 3. The first-order valence-electron chi connectivity index (χ1n) is 12.2. The smallest absolute Gasteiger partial charge is 0.247 e.